The third-order valence-corrected chi connectivity index (χ3v) is 2.94. The molecule has 2 rings (SSSR count). The molecule has 22 heavy (non-hydrogen) atoms. The molecule has 5 heteroatoms. The predicted molar refractivity (Wildman–Crippen MR) is 81.8 cm³/mol. The van der Waals surface area contributed by atoms with Crippen LogP contribution in [0.4, 0.5) is 14.5 Å². The molecule has 114 valence electrons. The molecule has 0 bridgehead atoms. The Morgan fingerprint density at radius 1 is 1.09 bits per heavy atom. The summed E-state index contributed by atoms with van der Waals surface area (Å²) in [5.74, 6) is -0.483. The zero-order valence-electron chi connectivity index (χ0n) is 11.9. The molecule has 0 spiro atoms. The lowest BCUT2D eigenvalue weighted by atomic mass is 10.1. The standard InChI is InChI=1S/C17H15F2NO2/c1-12(13-7-3-2-4-8-13)11-16(21)20-14-9-5-6-10-15(14)22-17(18)19/h2-11,17H,1H3,(H,20,21)/b12-11-. The van der Waals surface area contributed by atoms with Gasteiger partial charge in [-0.05, 0) is 30.2 Å². The van der Waals surface area contributed by atoms with Crippen molar-refractivity contribution in [2.75, 3.05) is 5.32 Å². The lowest BCUT2D eigenvalue weighted by Crippen LogP contribution is -2.11. The number of alkyl halides is 2. The van der Waals surface area contributed by atoms with E-state index in [9.17, 15) is 13.6 Å². The van der Waals surface area contributed by atoms with Crippen LogP contribution in [0.5, 0.6) is 5.75 Å². The second-order valence-corrected chi connectivity index (χ2v) is 4.56. The van der Waals surface area contributed by atoms with E-state index in [0.29, 0.717) is 0 Å². The Bertz CT molecular complexity index is 669. The number of carbonyl (C=O) groups is 1. The molecule has 0 aliphatic rings. The number of ether oxygens (including phenoxy) is 1. The number of para-hydroxylation sites is 2. The monoisotopic (exact) mass is 303 g/mol. The van der Waals surface area contributed by atoms with Gasteiger partial charge < -0.3 is 10.1 Å². The summed E-state index contributed by atoms with van der Waals surface area (Å²) in [5.41, 5.74) is 1.88. The van der Waals surface area contributed by atoms with Crippen LogP contribution in [0.25, 0.3) is 5.57 Å². The fourth-order valence-electron chi connectivity index (χ4n) is 1.92. The van der Waals surface area contributed by atoms with Gasteiger partial charge in [-0.3, -0.25) is 4.79 Å². The van der Waals surface area contributed by atoms with Gasteiger partial charge >= 0.3 is 6.61 Å². The highest BCUT2D eigenvalue weighted by Crippen LogP contribution is 2.25. The Labute approximate surface area is 127 Å². The third kappa shape index (κ3) is 4.41. The molecule has 0 atom stereocenters. The average molecular weight is 303 g/mol. The van der Waals surface area contributed by atoms with Gasteiger partial charge in [-0.1, -0.05) is 42.5 Å². The van der Waals surface area contributed by atoms with Crippen molar-refractivity contribution in [3.8, 4) is 5.75 Å². The number of hydrogen-bond acceptors (Lipinski definition) is 2. The summed E-state index contributed by atoms with van der Waals surface area (Å²) in [6.07, 6.45) is 1.41. The molecule has 0 radical (unpaired) electrons. The minimum absolute atomic E-state index is 0.0726. The molecule has 0 saturated carbocycles. The fraction of sp³-hybridized carbons (Fsp3) is 0.118. The number of hydrogen-bond donors (Lipinski definition) is 1. The molecule has 1 N–H and O–H groups in total. The summed E-state index contributed by atoms with van der Waals surface area (Å²) in [6, 6.07) is 15.4. The topological polar surface area (TPSA) is 38.3 Å². The quantitative estimate of drug-likeness (QED) is 0.835. The van der Waals surface area contributed by atoms with E-state index in [-0.39, 0.29) is 11.4 Å². The largest absolute Gasteiger partial charge is 0.433 e. The van der Waals surface area contributed by atoms with E-state index in [4.69, 9.17) is 0 Å². The van der Waals surface area contributed by atoms with Gasteiger partial charge in [0.1, 0.15) is 5.75 Å². The van der Waals surface area contributed by atoms with Crippen LogP contribution in [0.15, 0.2) is 60.7 Å². The second kappa shape index (κ2) is 7.36. The molecule has 0 aliphatic carbocycles. The van der Waals surface area contributed by atoms with Gasteiger partial charge in [0.15, 0.2) is 0 Å². The molecular formula is C17H15F2NO2. The number of anilines is 1. The number of nitrogens with one attached hydrogen (secondary N) is 1. The highest BCUT2D eigenvalue weighted by molar-refractivity contribution is 6.04. The first-order chi connectivity index (χ1) is 10.6. The maximum Gasteiger partial charge on any atom is 0.387 e. The average Bonchev–Trinajstić information content (AvgIpc) is 2.49. The van der Waals surface area contributed by atoms with Crippen LogP contribution in [-0.2, 0) is 4.79 Å². The van der Waals surface area contributed by atoms with E-state index >= 15 is 0 Å². The van der Waals surface area contributed by atoms with Crippen molar-refractivity contribution in [3.05, 3.63) is 66.2 Å². The molecule has 2 aromatic rings. The van der Waals surface area contributed by atoms with Crippen molar-refractivity contribution < 1.29 is 18.3 Å². The normalized spacial score (nSPS) is 11.4. The van der Waals surface area contributed by atoms with Crippen LogP contribution in [0.2, 0.25) is 0 Å². The number of amides is 1. The second-order valence-electron chi connectivity index (χ2n) is 4.56. The van der Waals surface area contributed by atoms with Crippen LogP contribution >= 0.6 is 0 Å². The van der Waals surface area contributed by atoms with Gasteiger partial charge in [-0.25, -0.2) is 0 Å². The molecule has 0 unspecified atom stereocenters. The van der Waals surface area contributed by atoms with E-state index in [1.165, 1.54) is 18.2 Å². The molecule has 0 aromatic heterocycles. The van der Waals surface area contributed by atoms with E-state index in [1.54, 1.807) is 19.1 Å². The summed E-state index contributed by atoms with van der Waals surface area (Å²) in [6.45, 7) is -1.14. The first kappa shape index (κ1) is 15.7. The smallest absolute Gasteiger partial charge is 0.387 e. The molecule has 1 amide bonds. The SMILES string of the molecule is C/C(=C/C(=O)Nc1ccccc1OC(F)F)c1ccccc1. The van der Waals surface area contributed by atoms with Crippen molar-refractivity contribution >= 4 is 17.2 Å². The number of allylic oxidation sites excluding steroid dienone is 1. The minimum Gasteiger partial charge on any atom is -0.433 e. The third-order valence-electron chi connectivity index (χ3n) is 2.94. The van der Waals surface area contributed by atoms with E-state index in [0.717, 1.165) is 11.1 Å². The van der Waals surface area contributed by atoms with Crippen LogP contribution in [0.3, 0.4) is 0 Å². The van der Waals surface area contributed by atoms with E-state index in [2.05, 4.69) is 10.1 Å². The summed E-state index contributed by atoms with van der Waals surface area (Å²) in [7, 11) is 0. The first-order valence-corrected chi connectivity index (χ1v) is 6.65. The summed E-state index contributed by atoms with van der Waals surface area (Å²) < 4.78 is 29.0. The van der Waals surface area contributed by atoms with Crippen LogP contribution in [-0.4, -0.2) is 12.5 Å². The number of carbonyl (C=O) groups excluding carboxylic acids is 1. The molecule has 0 fully saturated rings. The van der Waals surface area contributed by atoms with Crippen molar-refractivity contribution in [3.63, 3.8) is 0 Å². The van der Waals surface area contributed by atoms with Crippen LogP contribution < -0.4 is 10.1 Å². The molecule has 2 aromatic carbocycles. The lowest BCUT2D eigenvalue weighted by Gasteiger charge is -2.10. The van der Waals surface area contributed by atoms with Gasteiger partial charge in [-0.2, -0.15) is 8.78 Å². The Morgan fingerprint density at radius 3 is 2.41 bits per heavy atom. The van der Waals surface area contributed by atoms with Crippen molar-refractivity contribution in [2.45, 2.75) is 13.5 Å². The van der Waals surface area contributed by atoms with Crippen molar-refractivity contribution in [1.82, 2.24) is 0 Å². The number of benzene rings is 2. The van der Waals surface area contributed by atoms with Gasteiger partial charge in [0.2, 0.25) is 5.91 Å². The molecule has 0 aliphatic heterocycles. The van der Waals surface area contributed by atoms with Crippen molar-refractivity contribution in [1.29, 1.82) is 0 Å². The Balaban J connectivity index is 2.13. The zero-order chi connectivity index (χ0) is 15.9. The maximum atomic E-state index is 12.3. The van der Waals surface area contributed by atoms with Gasteiger partial charge in [0.05, 0.1) is 5.69 Å². The first-order valence-electron chi connectivity index (χ1n) is 6.65. The zero-order valence-corrected chi connectivity index (χ0v) is 11.9. The van der Waals surface area contributed by atoms with Crippen LogP contribution in [0, 0.1) is 0 Å². The molecular weight excluding hydrogens is 288 g/mol. The van der Waals surface area contributed by atoms with E-state index in [1.807, 2.05) is 30.3 Å². The number of rotatable bonds is 5. The Morgan fingerprint density at radius 2 is 1.73 bits per heavy atom. The summed E-state index contributed by atoms with van der Waals surface area (Å²) >= 11 is 0. The highest BCUT2D eigenvalue weighted by Gasteiger charge is 2.10. The fourth-order valence-corrected chi connectivity index (χ4v) is 1.92. The maximum absolute atomic E-state index is 12.3. The highest BCUT2D eigenvalue weighted by atomic mass is 19.3. The minimum atomic E-state index is -2.94. The predicted octanol–water partition coefficient (Wildman–Crippen LogP) is 4.33. The lowest BCUT2D eigenvalue weighted by molar-refractivity contribution is -0.112. The van der Waals surface area contributed by atoms with Gasteiger partial charge in [-0.15, -0.1) is 0 Å². The number of halogens is 2. The van der Waals surface area contributed by atoms with E-state index < -0.39 is 12.5 Å². The van der Waals surface area contributed by atoms with Crippen molar-refractivity contribution in [2.24, 2.45) is 0 Å². The van der Waals surface area contributed by atoms with Gasteiger partial charge in [0, 0.05) is 6.08 Å². The summed E-state index contributed by atoms with van der Waals surface area (Å²) in [4.78, 5) is 12.0. The Hall–Kier alpha value is -2.69. The van der Waals surface area contributed by atoms with Gasteiger partial charge in [0.25, 0.3) is 0 Å². The Kier molecular flexibility index (Phi) is 5.25. The molecule has 0 saturated heterocycles. The van der Waals surface area contributed by atoms with Crippen LogP contribution in [0.1, 0.15) is 12.5 Å². The molecule has 0 heterocycles. The molecule has 3 nitrogen and oxygen atoms in total. The summed E-state index contributed by atoms with van der Waals surface area (Å²) in [5, 5.41) is 2.54.